The van der Waals surface area contributed by atoms with Crippen molar-refractivity contribution < 1.29 is 0 Å². The molecule has 0 saturated heterocycles. The lowest BCUT2D eigenvalue weighted by atomic mass is 9.85. The third-order valence-electron chi connectivity index (χ3n) is 3.23. The molecule has 0 saturated carbocycles. The van der Waals surface area contributed by atoms with Crippen molar-refractivity contribution in [2.45, 2.75) is 33.4 Å². The van der Waals surface area contributed by atoms with Gasteiger partial charge in [0.2, 0.25) is 0 Å². The smallest absolute Gasteiger partial charge is 0.186 e. The van der Waals surface area contributed by atoms with Gasteiger partial charge in [-0.25, -0.2) is 0 Å². The standard InChI is InChI=1S/C11H17N7/c1-11(2,3)8-10-16-15-9(7-6-13-17-14-7)18(10)5-4-12-8/h6,8,12H,4-5H2,1-3H3,(H,13,14,17). The van der Waals surface area contributed by atoms with Crippen LogP contribution in [-0.4, -0.2) is 36.7 Å². The van der Waals surface area contributed by atoms with Crippen LogP contribution in [0.5, 0.6) is 0 Å². The predicted octanol–water partition coefficient (Wildman–Crippen LogP) is 0.754. The van der Waals surface area contributed by atoms with Crippen LogP contribution in [0.2, 0.25) is 0 Å². The molecule has 1 atom stereocenters. The summed E-state index contributed by atoms with van der Waals surface area (Å²) in [6.07, 6.45) is 1.67. The van der Waals surface area contributed by atoms with E-state index in [2.05, 4.69) is 56.3 Å². The van der Waals surface area contributed by atoms with Gasteiger partial charge in [-0.05, 0) is 5.41 Å². The molecule has 0 aromatic carbocycles. The van der Waals surface area contributed by atoms with Crippen molar-refractivity contribution in [2.24, 2.45) is 5.41 Å². The molecular formula is C11H17N7. The van der Waals surface area contributed by atoms with Crippen molar-refractivity contribution in [1.82, 2.24) is 35.5 Å². The second-order valence-electron chi connectivity index (χ2n) is 5.64. The van der Waals surface area contributed by atoms with Gasteiger partial charge in [-0.1, -0.05) is 20.8 Å². The highest BCUT2D eigenvalue weighted by molar-refractivity contribution is 5.47. The Hall–Kier alpha value is -1.76. The Balaban J connectivity index is 2.06. The molecule has 1 aliphatic rings. The number of fused-ring (bicyclic) bond motifs is 1. The summed E-state index contributed by atoms with van der Waals surface area (Å²) in [5.74, 6) is 1.77. The molecule has 3 rings (SSSR count). The molecule has 0 radical (unpaired) electrons. The van der Waals surface area contributed by atoms with Crippen LogP contribution in [-0.2, 0) is 6.54 Å². The maximum Gasteiger partial charge on any atom is 0.186 e. The van der Waals surface area contributed by atoms with E-state index in [-0.39, 0.29) is 11.5 Å². The van der Waals surface area contributed by atoms with E-state index in [1.807, 2.05) is 0 Å². The number of aromatic amines is 1. The van der Waals surface area contributed by atoms with Crippen molar-refractivity contribution in [2.75, 3.05) is 6.54 Å². The van der Waals surface area contributed by atoms with Gasteiger partial charge in [-0.2, -0.15) is 15.4 Å². The summed E-state index contributed by atoms with van der Waals surface area (Å²) in [5, 5.41) is 22.6. The van der Waals surface area contributed by atoms with E-state index in [1.165, 1.54) is 0 Å². The van der Waals surface area contributed by atoms with Gasteiger partial charge in [-0.3, -0.25) is 0 Å². The summed E-state index contributed by atoms with van der Waals surface area (Å²) in [5.41, 5.74) is 0.843. The van der Waals surface area contributed by atoms with Gasteiger partial charge in [0, 0.05) is 13.1 Å². The molecule has 2 aromatic heterocycles. The molecule has 18 heavy (non-hydrogen) atoms. The van der Waals surface area contributed by atoms with E-state index >= 15 is 0 Å². The molecule has 0 aliphatic carbocycles. The Labute approximate surface area is 105 Å². The average Bonchev–Trinajstić information content (AvgIpc) is 2.95. The minimum absolute atomic E-state index is 0.103. The molecule has 0 spiro atoms. The van der Waals surface area contributed by atoms with Gasteiger partial charge in [-0.15, -0.1) is 10.2 Å². The third kappa shape index (κ3) is 1.71. The van der Waals surface area contributed by atoms with E-state index in [1.54, 1.807) is 6.20 Å². The Morgan fingerprint density at radius 2 is 2.17 bits per heavy atom. The molecule has 2 N–H and O–H groups in total. The zero-order chi connectivity index (χ0) is 12.8. The van der Waals surface area contributed by atoms with Crippen LogP contribution in [0.25, 0.3) is 11.5 Å². The summed E-state index contributed by atoms with van der Waals surface area (Å²) in [7, 11) is 0. The van der Waals surface area contributed by atoms with E-state index < -0.39 is 0 Å². The van der Waals surface area contributed by atoms with Gasteiger partial charge in [0.05, 0.1) is 12.2 Å². The quantitative estimate of drug-likeness (QED) is 0.777. The van der Waals surface area contributed by atoms with Crippen LogP contribution < -0.4 is 5.32 Å². The Morgan fingerprint density at radius 1 is 1.33 bits per heavy atom. The van der Waals surface area contributed by atoms with Crippen molar-refractivity contribution >= 4 is 0 Å². The lowest BCUT2D eigenvalue weighted by Gasteiger charge is -2.34. The SMILES string of the molecule is CC(C)(C)C1NCCn2c(-c3cn[nH]n3)nnc21. The van der Waals surface area contributed by atoms with Crippen LogP contribution in [0.15, 0.2) is 6.20 Å². The molecule has 1 aliphatic heterocycles. The van der Waals surface area contributed by atoms with E-state index in [0.717, 1.165) is 30.4 Å². The Morgan fingerprint density at radius 3 is 2.83 bits per heavy atom. The van der Waals surface area contributed by atoms with E-state index in [0.29, 0.717) is 0 Å². The first-order valence-corrected chi connectivity index (χ1v) is 6.10. The molecule has 0 fully saturated rings. The number of H-pyrrole nitrogens is 1. The number of nitrogens with one attached hydrogen (secondary N) is 2. The molecule has 1 unspecified atom stereocenters. The number of hydrogen-bond acceptors (Lipinski definition) is 5. The molecule has 0 amide bonds. The highest BCUT2D eigenvalue weighted by Gasteiger charge is 2.34. The van der Waals surface area contributed by atoms with Gasteiger partial charge in [0.1, 0.15) is 5.69 Å². The van der Waals surface area contributed by atoms with Crippen molar-refractivity contribution in [3.63, 3.8) is 0 Å². The number of rotatable bonds is 1. The first-order valence-electron chi connectivity index (χ1n) is 6.10. The molecule has 7 nitrogen and oxygen atoms in total. The van der Waals surface area contributed by atoms with Gasteiger partial charge < -0.3 is 9.88 Å². The highest BCUT2D eigenvalue weighted by Crippen LogP contribution is 2.34. The number of hydrogen-bond donors (Lipinski definition) is 2. The topological polar surface area (TPSA) is 84.3 Å². The molecule has 3 heterocycles. The van der Waals surface area contributed by atoms with Crippen molar-refractivity contribution in [3.8, 4) is 11.5 Å². The fourth-order valence-electron chi connectivity index (χ4n) is 2.35. The highest BCUT2D eigenvalue weighted by atomic mass is 15.4. The van der Waals surface area contributed by atoms with Crippen LogP contribution in [0, 0.1) is 5.41 Å². The molecule has 2 aromatic rings. The van der Waals surface area contributed by atoms with Crippen LogP contribution in [0.4, 0.5) is 0 Å². The Kier molecular flexibility index (Phi) is 2.44. The number of aromatic nitrogens is 6. The lowest BCUT2D eigenvalue weighted by molar-refractivity contribution is 0.234. The van der Waals surface area contributed by atoms with E-state index in [4.69, 9.17) is 0 Å². The molecule has 0 bridgehead atoms. The zero-order valence-electron chi connectivity index (χ0n) is 10.8. The second kappa shape index (κ2) is 3.88. The van der Waals surface area contributed by atoms with Gasteiger partial charge >= 0.3 is 0 Å². The largest absolute Gasteiger partial charge is 0.307 e. The second-order valence-corrected chi connectivity index (χ2v) is 5.64. The summed E-state index contributed by atoms with van der Waals surface area (Å²) >= 11 is 0. The predicted molar refractivity (Wildman–Crippen MR) is 65.6 cm³/mol. The van der Waals surface area contributed by atoms with Gasteiger partial charge in [0.15, 0.2) is 11.6 Å². The minimum Gasteiger partial charge on any atom is -0.307 e. The molecular weight excluding hydrogens is 230 g/mol. The van der Waals surface area contributed by atoms with Crippen LogP contribution >= 0.6 is 0 Å². The summed E-state index contributed by atoms with van der Waals surface area (Å²) in [4.78, 5) is 0. The average molecular weight is 247 g/mol. The molecule has 96 valence electrons. The van der Waals surface area contributed by atoms with Gasteiger partial charge in [0.25, 0.3) is 0 Å². The van der Waals surface area contributed by atoms with Crippen LogP contribution in [0.1, 0.15) is 32.6 Å². The summed E-state index contributed by atoms with van der Waals surface area (Å²) in [6, 6.07) is 0.208. The zero-order valence-corrected chi connectivity index (χ0v) is 10.8. The minimum atomic E-state index is 0.103. The normalized spacial score (nSPS) is 19.8. The van der Waals surface area contributed by atoms with E-state index in [9.17, 15) is 0 Å². The first kappa shape index (κ1) is 11.3. The fraction of sp³-hybridized carbons (Fsp3) is 0.636. The van der Waals surface area contributed by atoms with Crippen LogP contribution in [0.3, 0.4) is 0 Å². The first-order chi connectivity index (χ1) is 8.57. The summed E-state index contributed by atoms with van der Waals surface area (Å²) in [6.45, 7) is 8.37. The molecule has 7 heteroatoms. The Bertz CT molecular complexity index is 534. The maximum atomic E-state index is 4.33. The van der Waals surface area contributed by atoms with Crippen molar-refractivity contribution in [3.05, 3.63) is 12.0 Å². The number of nitrogens with zero attached hydrogens (tertiary/aromatic N) is 5. The third-order valence-corrected chi connectivity index (χ3v) is 3.23. The monoisotopic (exact) mass is 247 g/mol. The maximum absolute atomic E-state index is 4.33. The summed E-state index contributed by atoms with van der Waals surface area (Å²) < 4.78 is 2.13. The fourth-order valence-corrected chi connectivity index (χ4v) is 2.35. The lowest BCUT2D eigenvalue weighted by Crippen LogP contribution is -2.40. The van der Waals surface area contributed by atoms with Crippen molar-refractivity contribution in [1.29, 1.82) is 0 Å².